The van der Waals surface area contributed by atoms with Gasteiger partial charge in [0.2, 0.25) is 5.75 Å². The summed E-state index contributed by atoms with van der Waals surface area (Å²) < 4.78 is 16.2. The molecule has 3 rings (SSSR count). The van der Waals surface area contributed by atoms with Crippen LogP contribution in [0.4, 0.5) is 5.82 Å². The van der Waals surface area contributed by atoms with E-state index in [-0.39, 0.29) is 11.4 Å². The van der Waals surface area contributed by atoms with Crippen molar-refractivity contribution in [3.05, 3.63) is 53.1 Å². The van der Waals surface area contributed by atoms with Gasteiger partial charge in [0.15, 0.2) is 11.5 Å². The lowest BCUT2D eigenvalue weighted by atomic mass is 9.97. The molecule has 0 amide bonds. The van der Waals surface area contributed by atoms with Crippen molar-refractivity contribution in [3.63, 3.8) is 0 Å². The number of nitrogens with two attached hydrogens (primary N) is 1. The highest BCUT2D eigenvalue weighted by molar-refractivity contribution is 6.33. The molecule has 2 N–H and O–H groups in total. The van der Waals surface area contributed by atoms with Gasteiger partial charge in [-0.2, -0.15) is 5.26 Å². The average Bonchev–Trinajstić information content (AvgIpc) is 2.72. The molecule has 0 atom stereocenters. The minimum absolute atomic E-state index is 0.115. The number of anilines is 1. The Morgan fingerprint density at radius 1 is 0.964 bits per heavy atom. The van der Waals surface area contributed by atoms with E-state index in [4.69, 9.17) is 31.5 Å². The third-order valence-electron chi connectivity index (χ3n) is 4.28. The first-order valence-electron chi connectivity index (χ1n) is 8.29. The minimum atomic E-state index is 0.115. The second-order valence-corrected chi connectivity index (χ2v) is 6.23. The molecule has 0 fully saturated rings. The summed E-state index contributed by atoms with van der Waals surface area (Å²) in [5, 5.41) is 10.2. The predicted molar refractivity (Wildman–Crippen MR) is 109 cm³/mol. The smallest absolute Gasteiger partial charge is 0.203 e. The van der Waals surface area contributed by atoms with E-state index in [9.17, 15) is 5.26 Å². The molecule has 2 aromatic carbocycles. The Balaban J connectivity index is 2.30. The zero-order chi connectivity index (χ0) is 20.3. The van der Waals surface area contributed by atoms with Crippen LogP contribution in [-0.2, 0) is 0 Å². The number of benzene rings is 2. The van der Waals surface area contributed by atoms with Crippen molar-refractivity contribution in [2.75, 3.05) is 27.1 Å². The van der Waals surface area contributed by atoms with Crippen molar-refractivity contribution in [2.45, 2.75) is 0 Å². The lowest BCUT2D eigenvalue weighted by Crippen LogP contribution is -2.01. The van der Waals surface area contributed by atoms with Crippen LogP contribution in [0.3, 0.4) is 0 Å². The molecule has 0 unspecified atom stereocenters. The SMILES string of the molecule is COc1cc(-c2cc(-c3ccccc3Cl)nc(N)c2C#N)cc(OC)c1OC. The van der Waals surface area contributed by atoms with Crippen molar-refractivity contribution < 1.29 is 14.2 Å². The van der Waals surface area contributed by atoms with Crippen molar-refractivity contribution in [1.29, 1.82) is 5.26 Å². The summed E-state index contributed by atoms with van der Waals surface area (Å²) in [5.41, 5.74) is 8.88. The van der Waals surface area contributed by atoms with Gasteiger partial charge >= 0.3 is 0 Å². The third kappa shape index (κ3) is 3.40. The zero-order valence-electron chi connectivity index (χ0n) is 15.6. The number of hydrogen-bond acceptors (Lipinski definition) is 6. The van der Waals surface area contributed by atoms with Gasteiger partial charge in [-0.3, -0.25) is 0 Å². The van der Waals surface area contributed by atoms with E-state index < -0.39 is 0 Å². The van der Waals surface area contributed by atoms with Gasteiger partial charge in [0.25, 0.3) is 0 Å². The van der Waals surface area contributed by atoms with Gasteiger partial charge in [0.05, 0.1) is 27.0 Å². The number of nitriles is 1. The zero-order valence-corrected chi connectivity index (χ0v) is 16.4. The Morgan fingerprint density at radius 2 is 1.61 bits per heavy atom. The number of rotatable bonds is 5. The van der Waals surface area contributed by atoms with Gasteiger partial charge in [-0.05, 0) is 29.8 Å². The molecule has 1 aromatic heterocycles. The number of aromatic nitrogens is 1. The van der Waals surface area contributed by atoms with Gasteiger partial charge in [-0.15, -0.1) is 0 Å². The van der Waals surface area contributed by atoms with Crippen LogP contribution in [0, 0.1) is 11.3 Å². The maximum Gasteiger partial charge on any atom is 0.203 e. The van der Waals surface area contributed by atoms with Crippen molar-refractivity contribution >= 4 is 17.4 Å². The number of pyridine rings is 1. The molecular weight excluding hydrogens is 378 g/mol. The summed E-state index contributed by atoms with van der Waals surface area (Å²) in [6.07, 6.45) is 0. The first kappa shape index (κ1) is 19.3. The fourth-order valence-corrected chi connectivity index (χ4v) is 3.19. The van der Waals surface area contributed by atoms with Crippen LogP contribution in [0.25, 0.3) is 22.4 Å². The summed E-state index contributed by atoms with van der Waals surface area (Å²) >= 11 is 6.32. The second kappa shape index (κ2) is 8.07. The van der Waals surface area contributed by atoms with Gasteiger partial charge < -0.3 is 19.9 Å². The van der Waals surface area contributed by atoms with Crippen LogP contribution in [-0.4, -0.2) is 26.3 Å². The van der Waals surface area contributed by atoms with E-state index in [0.29, 0.717) is 44.7 Å². The average molecular weight is 396 g/mol. The maximum atomic E-state index is 9.65. The van der Waals surface area contributed by atoms with E-state index in [1.165, 1.54) is 21.3 Å². The van der Waals surface area contributed by atoms with Crippen LogP contribution in [0.5, 0.6) is 17.2 Å². The van der Waals surface area contributed by atoms with Crippen molar-refractivity contribution in [3.8, 4) is 45.7 Å². The first-order chi connectivity index (χ1) is 13.5. The van der Waals surface area contributed by atoms with Gasteiger partial charge in [0.1, 0.15) is 17.5 Å². The number of nitrogen functional groups attached to an aromatic ring is 1. The number of methoxy groups -OCH3 is 3. The lowest BCUT2D eigenvalue weighted by Gasteiger charge is -2.16. The Labute approximate surface area is 168 Å². The molecule has 7 heteroatoms. The lowest BCUT2D eigenvalue weighted by molar-refractivity contribution is 0.324. The highest BCUT2D eigenvalue weighted by Gasteiger charge is 2.19. The third-order valence-corrected chi connectivity index (χ3v) is 4.61. The largest absolute Gasteiger partial charge is 0.493 e. The van der Waals surface area contributed by atoms with E-state index >= 15 is 0 Å². The maximum absolute atomic E-state index is 9.65. The summed E-state index contributed by atoms with van der Waals surface area (Å²) in [6, 6.07) is 14.7. The topological polar surface area (TPSA) is 90.4 Å². The Morgan fingerprint density at radius 3 is 2.14 bits per heavy atom. The normalized spacial score (nSPS) is 10.2. The monoisotopic (exact) mass is 395 g/mol. The molecule has 28 heavy (non-hydrogen) atoms. The molecule has 6 nitrogen and oxygen atoms in total. The summed E-state index contributed by atoms with van der Waals surface area (Å²) in [4.78, 5) is 4.36. The van der Waals surface area contributed by atoms with Gasteiger partial charge in [-0.25, -0.2) is 4.98 Å². The summed E-state index contributed by atoms with van der Waals surface area (Å²) in [5.74, 6) is 1.51. The summed E-state index contributed by atoms with van der Waals surface area (Å²) in [7, 11) is 4.59. The molecule has 0 aliphatic heterocycles. The van der Waals surface area contributed by atoms with E-state index in [1.54, 1.807) is 24.3 Å². The molecule has 0 aliphatic carbocycles. The quantitative estimate of drug-likeness (QED) is 0.681. The van der Waals surface area contributed by atoms with Crippen LogP contribution < -0.4 is 19.9 Å². The fourth-order valence-electron chi connectivity index (χ4n) is 2.95. The van der Waals surface area contributed by atoms with Gasteiger partial charge in [-0.1, -0.05) is 29.8 Å². The van der Waals surface area contributed by atoms with Crippen LogP contribution in [0.15, 0.2) is 42.5 Å². The number of hydrogen-bond donors (Lipinski definition) is 1. The molecule has 0 saturated heterocycles. The van der Waals surface area contributed by atoms with Crippen LogP contribution in [0.2, 0.25) is 5.02 Å². The van der Waals surface area contributed by atoms with Crippen molar-refractivity contribution in [2.24, 2.45) is 0 Å². The summed E-state index contributed by atoms with van der Waals surface area (Å²) in [6.45, 7) is 0. The second-order valence-electron chi connectivity index (χ2n) is 5.82. The van der Waals surface area contributed by atoms with E-state index in [1.807, 2.05) is 18.2 Å². The molecule has 3 aromatic rings. The molecular formula is C21H18ClN3O3. The van der Waals surface area contributed by atoms with E-state index in [2.05, 4.69) is 11.1 Å². The fraction of sp³-hybridized carbons (Fsp3) is 0.143. The predicted octanol–water partition coefficient (Wildman–Crippen LogP) is 4.55. The minimum Gasteiger partial charge on any atom is -0.493 e. The molecule has 0 radical (unpaired) electrons. The number of halogens is 1. The molecule has 0 bridgehead atoms. The van der Waals surface area contributed by atoms with E-state index in [0.717, 1.165) is 0 Å². The molecule has 0 saturated carbocycles. The van der Waals surface area contributed by atoms with Crippen LogP contribution in [0.1, 0.15) is 5.56 Å². The molecule has 0 aliphatic rings. The van der Waals surface area contributed by atoms with Crippen molar-refractivity contribution in [1.82, 2.24) is 4.98 Å². The highest BCUT2D eigenvalue weighted by Crippen LogP contribution is 2.43. The Bertz CT molecular complexity index is 1050. The Kier molecular flexibility index (Phi) is 5.57. The first-order valence-corrected chi connectivity index (χ1v) is 8.67. The molecule has 0 spiro atoms. The highest BCUT2D eigenvalue weighted by atomic mass is 35.5. The Hall–Kier alpha value is -3.43. The standard InChI is InChI=1S/C21H18ClN3O3/c1-26-18-8-12(9-19(27-2)20(18)28-3)14-10-17(25-21(24)15(14)11-23)13-6-4-5-7-16(13)22/h4-10H,1-3H3,(H2,24,25). The number of nitrogens with zero attached hydrogens (tertiary/aromatic N) is 2. The molecule has 142 valence electrons. The molecule has 1 heterocycles. The van der Waals surface area contributed by atoms with Gasteiger partial charge in [0, 0.05) is 16.1 Å². The van der Waals surface area contributed by atoms with Crippen LogP contribution >= 0.6 is 11.6 Å². The number of ether oxygens (including phenoxy) is 3.